The predicted molar refractivity (Wildman–Crippen MR) is 101 cm³/mol. The zero-order chi connectivity index (χ0) is 18.1. The Bertz CT molecular complexity index is 779. The van der Waals surface area contributed by atoms with Crippen molar-refractivity contribution in [3.05, 3.63) is 30.0 Å². The molecule has 0 N–H and O–H groups in total. The normalized spacial score (nSPS) is 24.5. The first kappa shape index (κ1) is 17.5. The van der Waals surface area contributed by atoms with Crippen LogP contribution in [0.15, 0.2) is 24.4 Å². The van der Waals surface area contributed by atoms with E-state index in [0.29, 0.717) is 12.2 Å². The standard InChI is InChI=1S/C20H28N4O2/c1-15(25)24-9-7-23(8-10-24)14-19-5-4-18(26-19)12-16-3-6-20-17(11-16)13-21-22(20)2/h3,6,11,13,18-19H,4-5,7-10,12,14H2,1-2H3/t18-,19+/m0/s1. The maximum absolute atomic E-state index is 11.4. The highest BCUT2D eigenvalue weighted by Gasteiger charge is 2.28. The SMILES string of the molecule is CC(=O)N1CCN(C[C@H]2CC[C@@H](Cc3ccc4c(cnn4C)c3)O2)CC1. The number of carbonyl (C=O) groups is 1. The first-order chi connectivity index (χ1) is 12.6. The van der Waals surface area contributed by atoms with Gasteiger partial charge in [-0.15, -0.1) is 0 Å². The molecule has 26 heavy (non-hydrogen) atoms. The van der Waals surface area contributed by atoms with Crippen LogP contribution in [0.1, 0.15) is 25.3 Å². The second-order valence-electron chi connectivity index (χ2n) is 7.63. The molecule has 2 aliphatic heterocycles. The molecule has 0 unspecified atom stereocenters. The van der Waals surface area contributed by atoms with Crippen LogP contribution < -0.4 is 0 Å². The Morgan fingerprint density at radius 3 is 2.73 bits per heavy atom. The molecule has 1 aromatic heterocycles. The fourth-order valence-corrected chi connectivity index (χ4v) is 4.20. The number of ether oxygens (including phenoxy) is 1. The lowest BCUT2D eigenvalue weighted by atomic mass is 10.0. The second kappa shape index (κ2) is 7.37. The van der Waals surface area contributed by atoms with E-state index in [-0.39, 0.29) is 5.91 Å². The Morgan fingerprint density at radius 1 is 1.19 bits per heavy atom. The quantitative estimate of drug-likeness (QED) is 0.839. The molecule has 1 aromatic carbocycles. The number of hydrogen-bond donors (Lipinski definition) is 0. The van der Waals surface area contributed by atoms with Crippen molar-refractivity contribution in [2.45, 2.75) is 38.4 Å². The Kier molecular flexibility index (Phi) is 4.96. The molecule has 2 aliphatic rings. The Morgan fingerprint density at radius 2 is 1.96 bits per heavy atom. The van der Waals surface area contributed by atoms with Crippen molar-refractivity contribution in [2.75, 3.05) is 32.7 Å². The maximum atomic E-state index is 11.4. The molecule has 1 amide bonds. The summed E-state index contributed by atoms with van der Waals surface area (Å²) in [5, 5.41) is 5.51. The van der Waals surface area contributed by atoms with Crippen LogP contribution in [0.4, 0.5) is 0 Å². The lowest BCUT2D eigenvalue weighted by molar-refractivity contribution is -0.130. The van der Waals surface area contributed by atoms with Gasteiger partial charge < -0.3 is 9.64 Å². The highest BCUT2D eigenvalue weighted by molar-refractivity contribution is 5.79. The average Bonchev–Trinajstić information content (AvgIpc) is 3.22. The number of amides is 1. The third-order valence-corrected chi connectivity index (χ3v) is 5.75. The van der Waals surface area contributed by atoms with Gasteiger partial charge in [0.15, 0.2) is 0 Å². The smallest absolute Gasteiger partial charge is 0.219 e. The number of nitrogens with zero attached hydrogens (tertiary/aromatic N) is 4. The van der Waals surface area contributed by atoms with Crippen LogP contribution in [0.5, 0.6) is 0 Å². The largest absolute Gasteiger partial charge is 0.373 e. The van der Waals surface area contributed by atoms with Gasteiger partial charge in [-0.2, -0.15) is 5.10 Å². The summed E-state index contributed by atoms with van der Waals surface area (Å²) in [7, 11) is 1.98. The van der Waals surface area contributed by atoms with Gasteiger partial charge in [0.2, 0.25) is 5.91 Å². The van der Waals surface area contributed by atoms with E-state index in [4.69, 9.17) is 4.74 Å². The molecule has 0 spiro atoms. The fraction of sp³-hybridized carbons (Fsp3) is 0.600. The Labute approximate surface area is 154 Å². The lowest BCUT2D eigenvalue weighted by Gasteiger charge is -2.35. The Balaban J connectivity index is 1.27. The zero-order valence-corrected chi connectivity index (χ0v) is 15.7. The van der Waals surface area contributed by atoms with Gasteiger partial charge in [-0.1, -0.05) is 6.07 Å². The molecule has 3 heterocycles. The molecule has 2 saturated heterocycles. The number of benzene rings is 1. The van der Waals surface area contributed by atoms with Gasteiger partial charge in [0.25, 0.3) is 0 Å². The summed E-state index contributed by atoms with van der Waals surface area (Å²) in [6.07, 6.45) is 5.80. The molecule has 0 aliphatic carbocycles. The van der Waals surface area contributed by atoms with Gasteiger partial charge in [0, 0.05) is 52.1 Å². The van der Waals surface area contributed by atoms with E-state index >= 15 is 0 Å². The van der Waals surface area contributed by atoms with E-state index in [2.05, 4.69) is 28.2 Å². The van der Waals surface area contributed by atoms with Crippen LogP contribution in [0.3, 0.4) is 0 Å². The van der Waals surface area contributed by atoms with Gasteiger partial charge in [-0.3, -0.25) is 14.4 Å². The number of hydrogen-bond acceptors (Lipinski definition) is 4. The summed E-state index contributed by atoms with van der Waals surface area (Å²) in [5.74, 6) is 0.187. The predicted octanol–water partition coefficient (Wildman–Crippen LogP) is 1.83. The van der Waals surface area contributed by atoms with E-state index in [1.807, 2.05) is 22.8 Å². The summed E-state index contributed by atoms with van der Waals surface area (Å²) in [4.78, 5) is 15.8. The number of aryl methyl sites for hydroxylation is 1. The van der Waals surface area contributed by atoms with Crippen molar-refractivity contribution in [1.29, 1.82) is 0 Å². The number of fused-ring (bicyclic) bond motifs is 1. The summed E-state index contributed by atoms with van der Waals surface area (Å²) < 4.78 is 8.23. The van der Waals surface area contributed by atoms with Crippen molar-refractivity contribution < 1.29 is 9.53 Å². The minimum Gasteiger partial charge on any atom is -0.373 e. The molecule has 6 heteroatoms. The van der Waals surface area contributed by atoms with Crippen molar-refractivity contribution >= 4 is 16.8 Å². The van der Waals surface area contributed by atoms with Crippen LogP contribution >= 0.6 is 0 Å². The van der Waals surface area contributed by atoms with Crippen molar-refractivity contribution in [2.24, 2.45) is 7.05 Å². The van der Waals surface area contributed by atoms with Gasteiger partial charge in [0.05, 0.1) is 23.9 Å². The average molecular weight is 356 g/mol. The van der Waals surface area contributed by atoms with Crippen molar-refractivity contribution in [3.63, 3.8) is 0 Å². The topological polar surface area (TPSA) is 50.6 Å². The van der Waals surface area contributed by atoms with Crippen LogP contribution in [-0.4, -0.2) is 70.4 Å². The van der Waals surface area contributed by atoms with Crippen LogP contribution in [0.2, 0.25) is 0 Å². The molecule has 0 bridgehead atoms. The first-order valence-electron chi connectivity index (χ1n) is 9.62. The molecular formula is C20H28N4O2. The monoisotopic (exact) mass is 356 g/mol. The molecular weight excluding hydrogens is 328 g/mol. The van der Waals surface area contributed by atoms with E-state index in [1.54, 1.807) is 6.92 Å². The van der Waals surface area contributed by atoms with Gasteiger partial charge in [0.1, 0.15) is 0 Å². The third-order valence-electron chi connectivity index (χ3n) is 5.75. The minimum atomic E-state index is 0.187. The molecule has 2 aromatic rings. The molecule has 0 radical (unpaired) electrons. The van der Waals surface area contributed by atoms with Crippen LogP contribution in [-0.2, 0) is 23.0 Å². The summed E-state index contributed by atoms with van der Waals surface area (Å²) in [6, 6.07) is 6.58. The molecule has 0 saturated carbocycles. The van der Waals surface area contributed by atoms with Gasteiger partial charge >= 0.3 is 0 Å². The van der Waals surface area contributed by atoms with Crippen molar-refractivity contribution in [3.8, 4) is 0 Å². The Hall–Kier alpha value is -1.92. The molecule has 2 atom stereocenters. The lowest BCUT2D eigenvalue weighted by Crippen LogP contribution is -2.49. The second-order valence-corrected chi connectivity index (χ2v) is 7.63. The van der Waals surface area contributed by atoms with Gasteiger partial charge in [-0.05, 0) is 37.0 Å². The maximum Gasteiger partial charge on any atom is 0.219 e. The van der Waals surface area contributed by atoms with E-state index in [0.717, 1.165) is 52.0 Å². The fourth-order valence-electron chi connectivity index (χ4n) is 4.20. The van der Waals surface area contributed by atoms with E-state index < -0.39 is 0 Å². The summed E-state index contributed by atoms with van der Waals surface area (Å²) in [6.45, 7) is 6.25. The highest BCUT2D eigenvalue weighted by Crippen LogP contribution is 2.25. The first-order valence-corrected chi connectivity index (χ1v) is 9.62. The summed E-state index contributed by atoms with van der Waals surface area (Å²) in [5.41, 5.74) is 2.50. The van der Waals surface area contributed by atoms with Crippen molar-refractivity contribution in [1.82, 2.24) is 19.6 Å². The molecule has 4 rings (SSSR count). The zero-order valence-electron chi connectivity index (χ0n) is 15.7. The van der Waals surface area contributed by atoms with Crippen LogP contribution in [0, 0.1) is 0 Å². The highest BCUT2D eigenvalue weighted by atomic mass is 16.5. The van der Waals surface area contributed by atoms with Crippen LogP contribution in [0.25, 0.3) is 10.9 Å². The van der Waals surface area contributed by atoms with E-state index in [9.17, 15) is 4.79 Å². The molecule has 6 nitrogen and oxygen atoms in total. The molecule has 140 valence electrons. The number of piperazine rings is 1. The third kappa shape index (κ3) is 3.76. The van der Waals surface area contributed by atoms with Gasteiger partial charge in [-0.25, -0.2) is 0 Å². The molecule has 2 fully saturated rings. The number of carbonyl (C=O) groups excluding carboxylic acids is 1. The number of rotatable bonds is 4. The minimum absolute atomic E-state index is 0.187. The summed E-state index contributed by atoms with van der Waals surface area (Å²) >= 11 is 0. The van der Waals surface area contributed by atoms with E-state index in [1.165, 1.54) is 16.5 Å². The number of aromatic nitrogens is 2.